The summed E-state index contributed by atoms with van der Waals surface area (Å²) in [5.74, 6) is -0.134. The fourth-order valence-corrected chi connectivity index (χ4v) is 2.36. The molecule has 0 radical (unpaired) electrons. The van der Waals surface area contributed by atoms with Gasteiger partial charge in [0.1, 0.15) is 5.75 Å². The third kappa shape index (κ3) is 3.25. The summed E-state index contributed by atoms with van der Waals surface area (Å²) in [6, 6.07) is 6.65. The Hall–Kier alpha value is -1.51. The third-order valence-electron chi connectivity index (χ3n) is 3.69. The Kier molecular flexibility index (Phi) is 3.60. The summed E-state index contributed by atoms with van der Waals surface area (Å²) in [4.78, 5) is 10.7. The lowest BCUT2D eigenvalue weighted by atomic mass is 9.76. The summed E-state index contributed by atoms with van der Waals surface area (Å²) in [7, 11) is 0. The molecule has 0 spiro atoms. The van der Waals surface area contributed by atoms with Gasteiger partial charge in [-0.3, -0.25) is 0 Å². The second-order valence-corrected chi connectivity index (χ2v) is 5.81. The summed E-state index contributed by atoms with van der Waals surface area (Å²) in [5.41, 5.74) is 0.736. The molecule has 1 aromatic carbocycles. The summed E-state index contributed by atoms with van der Waals surface area (Å²) in [6.45, 7) is 4.59. The summed E-state index contributed by atoms with van der Waals surface area (Å²) < 4.78 is 5.89. The molecule has 18 heavy (non-hydrogen) atoms. The van der Waals surface area contributed by atoms with Crippen LogP contribution in [-0.4, -0.2) is 17.2 Å². The molecule has 1 fully saturated rings. The lowest BCUT2D eigenvalue weighted by Gasteiger charge is -2.34. The Balaban J connectivity index is 1.92. The first-order chi connectivity index (χ1) is 8.46. The van der Waals surface area contributed by atoms with E-state index in [1.165, 1.54) is 12.8 Å². The quantitative estimate of drug-likeness (QED) is 0.886. The highest BCUT2D eigenvalue weighted by atomic mass is 16.5. The zero-order chi connectivity index (χ0) is 13.2. The zero-order valence-corrected chi connectivity index (χ0v) is 11.0. The molecule has 0 atom stereocenters. The van der Waals surface area contributed by atoms with Gasteiger partial charge in [0.2, 0.25) is 0 Å². The van der Waals surface area contributed by atoms with Crippen molar-refractivity contribution in [3.63, 3.8) is 0 Å². The molecule has 3 nitrogen and oxygen atoms in total. The van der Waals surface area contributed by atoms with Crippen LogP contribution in [0.25, 0.3) is 0 Å². The number of hydrogen-bond donors (Lipinski definition) is 1. The van der Waals surface area contributed by atoms with Gasteiger partial charge in [-0.15, -0.1) is 0 Å². The fourth-order valence-electron chi connectivity index (χ4n) is 2.36. The monoisotopic (exact) mass is 248 g/mol. The highest BCUT2D eigenvalue weighted by Crippen LogP contribution is 2.36. The molecule has 0 amide bonds. The lowest BCUT2D eigenvalue weighted by molar-refractivity contribution is 0.0696. The van der Waals surface area contributed by atoms with Crippen molar-refractivity contribution in [1.82, 2.24) is 0 Å². The molecule has 1 aliphatic rings. The van der Waals surface area contributed by atoms with Gasteiger partial charge in [-0.25, -0.2) is 4.79 Å². The molecule has 3 heteroatoms. The number of carboxylic acid groups (broad SMARTS) is 1. The smallest absolute Gasteiger partial charge is 0.335 e. The van der Waals surface area contributed by atoms with Gasteiger partial charge in [-0.1, -0.05) is 13.8 Å². The number of carboxylic acids is 1. The van der Waals surface area contributed by atoms with Crippen LogP contribution in [0.4, 0.5) is 0 Å². The molecular weight excluding hydrogens is 228 g/mol. The second-order valence-electron chi connectivity index (χ2n) is 5.81. The molecular formula is C15H20O3. The lowest BCUT2D eigenvalue weighted by Crippen LogP contribution is -2.28. The van der Waals surface area contributed by atoms with Crippen molar-refractivity contribution in [2.45, 2.75) is 45.6 Å². The van der Waals surface area contributed by atoms with E-state index in [9.17, 15) is 4.79 Å². The van der Waals surface area contributed by atoms with Crippen LogP contribution in [0, 0.1) is 5.41 Å². The number of carbonyl (C=O) groups is 1. The van der Waals surface area contributed by atoms with Gasteiger partial charge in [-0.2, -0.15) is 0 Å². The molecule has 1 N–H and O–H groups in total. The largest absolute Gasteiger partial charge is 0.490 e. The molecule has 0 heterocycles. The molecule has 1 aromatic rings. The Morgan fingerprint density at radius 1 is 1.22 bits per heavy atom. The van der Waals surface area contributed by atoms with Crippen LogP contribution in [-0.2, 0) is 0 Å². The number of ether oxygens (including phenoxy) is 1. The van der Waals surface area contributed by atoms with Crippen LogP contribution in [0.3, 0.4) is 0 Å². The first-order valence-corrected chi connectivity index (χ1v) is 6.46. The van der Waals surface area contributed by atoms with Crippen molar-refractivity contribution in [1.29, 1.82) is 0 Å². The minimum Gasteiger partial charge on any atom is -0.490 e. The SMILES string of the molecule is CC1(C)CCC(Oc2ccc(C(=O)O)cc2)CC1. The van der Waals surface area contributed by atoms with E-state index in [0.29, 0.717) is 11.0 Å². The molecule has 0 saturated heterocycles. The van der Waals surface area contributed by atoms with E-state index < -0.39 is 5.97 Å². The Bertz CT molecular complexity index is 410. The van der Waals surface area contributed by atoms with Crippen molar-refractivity contribution in [3.05, 3.63) is 29.8 Å². The molecule has 2 rings (SSSR count). The maximum Gasteiger partial charge on any atom is 0.335 e. The number of aromatic carboxylic acids is 1. The van der Waals surface area contributed by atoms with E-state index in [4.69, 9.17) is 9.84 Å². The van der Waals surface area contributed by atoms with Crippen molar-refractivity contribution in [2.24, 2.45) is 5.41 Å². The minimum atomic E-state index is -0.902. The van der Waals surface area contributed by atoms with Crippen LogP contribution in [0.1, 0.15) is 49.9 Å². The summed E-state index contributed by atoms with van der Waals surface area (Å²) in [6.07, 6.45) is 4.80. The van der Waals surface area contributed by atoms with Gasteiger partial charge in [0, 0.05) is 0 Å². The third-order valence-corrected chi connectivity index (χ3v) is 3.69. The van der Waals surface area contributed by atoms with E-state index in [-0.39, 0.29) is 6.10 Å². The topological polar surface area (TPSA) is 46.5 Å². The van der Waals surface area contributed by atoms with Crippen molar-refractivity contribution >= 4 is 5.97 Å². The fraction of sp³-hybridized carbons (Fsp3) is 0.533. The molecule has 98 valence electrons. The number of hydrogen-bond acceptors (Lipinski definition) is 2. The van der Waals surface area contributed by atoms with Gasteiger partial charge in [-0.05, 0) is 55.4 Å². The predicted octanol–water partition coefficient (Wildman–Crippen LogP) is 3.73. The zero-order valence-electron chi connectivity index (χ0n) is 11.0. The maximum absolute atomic E-state index is 10.7. The van der Waals surface area contributed by atoms with Gasteiger partial charge in [0.05, 0.1) is 11.7 Å². The van der Waals surface area contributed by atoms with Crippen molar-refractivity contribution < 1.29 is 14.6 Å². The van der Waals surface area contributed by atoms with Gasteiger partial charge >= 0.3 is 5.97 Å². The van der Waals surface area contributed by atoms with Crippen molar-refractivity contribution in [2.75, 3.05) is 0 Å². The predicted molar refractivity (Wildman–Crippen MR) is 70.1 cm³/mol. The van der Waals surface area contributed by atoms with Gasteiger partial charge in [0.25, 0.3) is 0 Å². The van der Waals surface area contributed by atoms with E-state index in [1.807, 2.05) is 0 Å². The Morgan fingerprint density at radius 3 is 2.28 bits per heavy atom. The van der Waals surface area contributed by atoms with Gasteiger partial charge < -0.3 is 9.84 Å². The van der Waals surface area contributed by atoms with E-state index in [0.717, 1.165) is 18.6 Å². The van der Waals surface area contributed by atoms with E-state index >= 15 is 0 Å². The molecule has 0 aromatic heterocycles. The van der Waals surface area contributed by atoms with Gasteiger partial charge in [0.15, 0.2) is 0 Å². The van der Waals surface area contributed by atoms with E-state index in [2.05, 4.69) is 13.8 Å². The Morgan fingerprint density at radius 2 is 1.78 bits per heavy atom. The first kappa shape index (κ1) is 12.9. The van der Waals surface area contributed by atoms with Crippen LogP contribution in [0.5, 0.6) is 5.75 Å². The maximum atomic E-state index is 10.7. The van der Waals surface area contributed by atoms with Crippen molar-refractivity contribution in [3.8, 4) is 5.75 Å². The molecule has 0 aliphatic heterocycles. The highest BCUT2D eigenvalue weighted by molar-refractivity contribution is 5.87. The molecule has 0 bridgehead atoms. The second kappa shape index (κ2) is 5.01. The number of rotatable bonds is 3. The average molecular weight is 248 g/mol. The molecule has 0 unspecified atom stereocenters. The normalized spacial score (nSPS) is 19.4. The molecule has 1 aliphatic carbocycles. The standard InChI is InChI=1S/C15H20O3/c1-15(2)9-7-13(8-10-15)18-12-5-3-11(4-6-12)14(16)17/h3-6,13H,7-10H2,1-2H3,(H,16,17). The summed E-state index contributed by atoms with van der Waals surface area (Å²) >= 11 is 0. The Labute approximate surface area is 108 Å². The van der Waals surface area contributed by atoms with Crippen LogP contribution in [0.15, 0.2) is 24.3 Å². The number of benzene rings is 1. The summed E-state index contributed by atoms with van der Waals surface area (Å²) in [5, 5.41) is 8.81. The minimum absolute atomic E-state index is 0.272. The van der Waals surface area contributed by atoms with Crippen LogP contribution in [0.2, 0.25) is 0 Å². The first-order valence-electron chi connectivity index (χ1n) is 6.46. The van der Waals surface area contributed by atoms with E-state index in [1.54, 1.807) is 24.3 Å². The average Bonchev–Trinajstić information content (AvgIpc) is 2.33. The van der Waals surface area contributed by atoms with Crippen LogP contribution >= 0.6 is 0 Å². The molecule has 1 saturated carbocycles. The van der Waals surface area contributed by atoms with Crippen LogP contribution < -0.4 is 4.74 Å². The highest BCUT2D eigenvalue weighted by Gasteiger charge is 2.27.